The summed E-state index contributed by atoms with van der Waals surface area (Å²) >= 11 is 5.76. The molecule has 0 spiro atoms. The van der Waals surface area contributed by atoms with Gasteiger partial charge in [0.15, 0.2) is 0 Å². The van der Waals surface area contributed by atoms with E-state index in [9.17, 15) is 4.79 Å². The monoisotopic (exact) mass is 354 g/mol. The molecule has 0 saturated carbocycles. The van der Waals surface area contributed by atoms with Crippen LogP contribution < -0.4 is 14.2 Å². The second kappa shape index (κ2) is 7.73. The first-order chi connectivity index (χ1) is 10.9. The molecule has 8 heteroatoms. The lowest BCUT2D eigenvalue weighted by Gasteiger charge is -2.23. The number of aryl methyl sites for hydroxylation is 1. The number of carbonyl (C=O) groups excluding carboxylic acids is 1. The summed E-state index contributed by atoms with van der Waals surface area (Å²) in [6, 6.07) is 8.75. The molecule has 2 rings (SSSR count). The zero-order valence-electron chi connectivity index (χ0n) is 13.4. The van der Waals surface area contributed by atoms with E-state index in [0.717, 1.165) is 0 Å². The molecule has 2 atom stereocenters. The molecule has 0 aliphatic heterocycles. The topological polar surface area (TPSA) is 56.4 Å². The molecular weight excluding hydrogens is 333 g/mol. The van der Waals surface area contributed by atoms with Crippen molar-refractivity contribution in [3.63, 3.8) is 0 Å². The van der Waals surface area contributed by atoms with Gasteiger partial charge in [-0.15, -0.1) is 0 Å². The smallest absolute Gasteiger partial charge is 0.367 e. The molecule has 2 aromatic rings. The van der Waals surface area contributed by atoms with Crippen molar-refractivity contribution in [2.75, 3.05) is 6.61 Å². The average molecular weight is 354 g/mol. The summed E-state index contributed by atoms with van der Waals surface area (Å²) in [6.07, 6.45) is 5.52. The second-order valence-corrected chi connectivity index (χ2v) is 8.41. The molecule has 23 heavy (non-hydrogen) atoms. The quantitative estimate of drug-likeness (QED) is 0.468. The molecule has 0 bridgehead atoms. The molecule has 0 aliphatic rings. The predicted molar refractivity (Wildman–Crippen MR) is 91.6 cm³/mol. The van der Waals surface area contributed by atoms with Crippen molar-refractivity contribution >= 4 is 24.3 Å². The highest BCUT2D eigenvalue weighted by Gasteiger charge is 2.32. The molecule has 6 nitrogen and oxygen atoms in total. The van der Waals surface area contributed by atoms with Crippen molar-refractivity contribution in [1.82, 2.24) is 9.42 Å². The zero-order chi connectivity index (χ0) is 16.9. The van der Waals surface area contributed by atoms with Crippen LogP contribution in [0.1, 0.15) is 13.8 Å². The molecule has 124 valence electrons. The number of hydrogen-bond donors (Lipinski definition) is 1. The van der Waals surface area contributed by atoms with Gasteiger partial charge in [-0.25, -0.2) is 9.65 Å². The van der Waals surface area contributed by atoms with Gasteiger partial charge in [-0.05, 0) is 26.0 Å². The lowest BCUT2D eigenvalue weighted by Crippen LogP contribution is -2.36. The van der Waals surface area contributed by atoms with Gasteiger partial charge in [-0.1, -0.05) is 18.2 Å². The number of esters is 1. The average Bonchev–Trinajstić information content (AvgIpc) is 2.95. The van der Waals surface area contributed by atoms with Crippen LogP contribution in [0, 0.1) is 0 Å². The molecular formula is C15H21N3O3PS+. The van der Waals surface area contributed by atoms with E-state index >= 15 is 0 Å². The number of para-hydroxylation sites is 1. The highest BCUT2D eigenvalue weighted by molar-refractivity contribution is 8.10. The number of rotatable bonds is 7. The van der Waals surface area contributed by atoms with Gasteiger partial charge in [-0.3, -0.25) is 4.79 Å². The summed E-state index contributed by atoms with van der Waals surface area (Å²) in [7, 11) is 1.90. The Bertz CT molecular complexity index is 705. The summed E-state index contributed by atoms with van der Waals surface area (Å²) in [5, 5.41) is 3.13. The van der Waals surface area contributed by atoms with Crippen molar-refractivity contribution in [2.24, 2.45) is 7.05 Å². The zero-order valence-corrected chi connectivity index (χ0v) is 15.1. The number of nitrogens with zero attached hydrogens (tertiary/aromatic N) is 2. The summed E-state index contributed by atoms with van der Waals surface area (Å²) in [5.74, 6) is 0.297. The van der Waals surface area contributed by atoms with Crippen LogP contribution in [0.2, 0.25) is 0 Å². The number of aromatic nitrogens is 2. The van der Waals surface area contributed by atoms with Crippen LogP contribution in [0.15, 0.2) is 49.1 Å². The van der Waals surface area contributed by atoms with Crippen molar-refractivity contribution in [3.8, 4) is 5.75 Å². The van der Waals surface area contributed by atoms with E-state index in [-0.39, 0.29) is 5.97 Å². The fraction of sp³-hybridized carbons (Fsp3) is 0.333. The third kappa shape index (κ3) is 4.64. The van der Waals surface area contributed by atoms with E-state index in [0.29, 0.717) is 12.4 Å². The van der Waals surface area contributed by atoms with Gasteiger partial charge < -0.3 is 9.26 Å². The Labute approximate surface area is 141 Å². The van der Waals surface area contributed by atoms with Crippen LogP contribution in [0.4, 0.5) is 0 Å². The maximum absolute atomic E-state index is 11.9. The largest absolute Gasteiger partial charge is 0.465 e. The van der Waals surface area contributed by atoms with Gasteiger partial charge in [0, 0.05) is 11.8 Å². The van der Waals surface area contributed by atoms with E-state index < -0.39 is 12.6 Å². The van der Waals surface area contributed by atoms with E-state index in [1.54, 1.807) is 18.2 Å². The third-order valence-corrected chi connectivity index (χ3v) is 6.15. The number of benzene rings is 1. The lowest BCUT2D eigenvalue weighted by atomic mass is 10.3. The van der Waals surface area contributed by atoms with Crippen molar-refractivity contribution < 1.29 is 18.6 Å². The molecule has 0 aliphatic carbocycles. The Morgan fingerprint density at radius 1 is 1.43 bits per heavy atom. The van der Waals surface area contributed by atoms with Crippen LogP contribution in [0.5, 0.6) is 5.75 Å². The molecule has 1 unspecified atom stereocenters. The first-order valence-electron chi connectivity index (χ1n) is 7.28. The van der Waals surface area contributed by atoms with Gasteiger partial charge in [0.25, 0.3) is 0 Å². The van der Waals surface area contributed by atoms with Gasteiger partial charge in [0.1, 0.15) is 24.2 Å². The van der Waals surface area contributed by atoms with Crippen molar-refractivity contribution in [1.29, 1.82) is 0 Å². The fourth-order valence-electron chi connectivity index (χ4n) is 1.92. The standard InChI is InChI=1S/C15H21N3O3PS/c1-4-20-15(19)13(2)16-22(23,18-11-10-17(3)12-18)21-14-8-6-5-7-9-14/h5-13H,4H2,1-3H3,(H,16,23)/q+1/t13-,22?/m0/s1. The van der Waals surface area contributed by atoms with Crippen LogP contribution in [0.25, 0.3) is 0 Å². The van der Waals surface area contributed by atoms with Gasteiger partial charge in [0.2, 0.25) is 6.33 Å². The Balaban J connectivity index is 2.28. The van der Waals surface area contributed by atoms with Crippen LogP contribution in [-0.2, 0) is 28.4 Å². The molecule has 1 N–H and O–H groups in total. The lowest BCUT2D eigenvalue weighted by molar-refractivity contribution is -0.670. The van der Waals surface area contributed by atoms with E-state index in [2.05, 4.69) is 5.09 Å². The predicted octanol–water partition coefficient (Wildman–Crippen LogP) is 2.01. The SMILES string of the molecule is CCOC(=O)[C@H](C)NP(=S)(Oc1ccccc1)n1cc[n+](C)c1. The minimum atomic E-state index is -2.73. The molecule has 0 fully saturated rings. The van der Waals surface area contributed by atoms with E-state index in [1.807, 2.05) is 60.7 Å². The first-order valence-corrected chi connectivity index (χ1v) is 9.95. The van der Waals surface area contributed by atoms with Crippen LogP contribution >= 0.6 is 6.57 Å². The Kier molecular flexibility index (Phi) is 5.93. The first kappa shape index (κ1) is 17.7. The molecule has 1 aromatic heterocycles. The molecule has 0 amide bonds. The number of carbonyl (C=O) groups is 1. The summed E-state index contributed by atoms with van der Waals surface area (Å²) in [6.45, 7) is 1.09. The second-order valence-electron chi connectivity index (χ2n) is 4.99. The minimum absolute atomic E-state index is 0.325. The molecule has 0 saturated heterocycles. The van der Waals surface area contributed by atoms with Gasteiger partial charge in [-0.2, -0.15) is 4.34 Å². The van der Waals surface area contributed by atoms with E-state index in [4.69, 9.17) is 21.1 Å². The van der Waals surface area contributed by atoms with Gasteiger partial charge >= 0.3 is 12.5 Å². The highest BCUT2D eigenvalue weighted by atomic mass is 32.4. The van der Waals surface area contributed by atoms with Gasteiger partial charge in [0.05, 0.1) is 13.7 Å². The number of ether oxygens (including phenoxy) is 1. The van der Waals surface area contributed by atoms with Crippen molar-refractivity contribution in [2.45, 2.75) is 19.9 Å². The third-order valence-electron chi connectivity index (χ3n) is 3.03. The number of imidazole rings is 1. The van der Waals surface area contributed by atoms with E-state index in [1.165, 1.54) is 0 Å². The number of nitrogens with one attached hydrogen (secondary N) is 1. The summed E-state index contributed by atoms with van der Waals surface area (Å²) in [4.78, 5) is 11.9. The maximum atomic E-state index is 11.9. The molecule has 0 radical (unpaired) electrons. The molecule has 1 heterocycles. The highest BCUT2D eigenvalue weighted by Crippen LogP contribution is 2.44. The summed E-state index contributed by atoms with van der Waals surface area (Å²) < 4.78 is 14.8. The Hall–Kier alpha value is -1.69. The van der Waals surface area contributed by atoms with Crippen LogP contribution in [0.3, 0.4) is 0 Å². The Morgan fingerprint density at radius 3 is 2.70 bits per heavy atom. The minimum Gasteiger partial charge on any atom is -0.465 e. The molecule has 1 aromatic carbocycles. The Morgan fingerprint density at radius 2 is 2.13 bits per heavy atom. The summed E-state index contributed by atoms with van der Waals surface area (Å²) in [5.41, 5.74) is 0. The van der Waals surface area contributed by atoms with Crippen molar-refractivity contribution in [3.05, 3.63) is 49.1 Å². The fourth-order valence-corrected chi connectivity index (χ4v) is 4.76. The normalized spacial score (nSPS) is 14.7. The number of hydrogen-bond acceptors (Lipinski definition) is 4. The van der Waals surface area contributed by atoms with Crippen LogP contribution in [-0.4, -0.2) is 23.0 Å². The maximum Gasteiger partial charge on any atom is 0.367 e.